The molecule has 0 aliphatic carbocycles. The van der Waals surface area contributed by atoms with E-state index in [4.69, 9.17) is 4.74 Å². The van der Waals surface area contributed by atoms with Gasteiger partial charge in [-0.25, -0.2) is 0 Å². The number of carbonyl (C=O) groups is 12. The lowest BCUT2D eigenvalue weighted by Crippen LogP contribution is -2.62. The van der Waals surface area contributed by atoms with E-state index in [2.05, 4.69) is 21.3 Å². The molecule has 26 nitrogen and oxygen atoms in total. The maximum atomic E-state index is 15.3. The van der Waals surface area contributed by atoms with Crippen molar-refractivity contribution in [3.63, 3.8) is 0 Å². The lowest BCUT2D eigenvalue weighted by atomic mass is 9.97. The first-order chi connectivity index (χ1) is 47.4. The molecule has 2 heterocycles. The predicted molar refractivity (Wildman–Crippen MR) is 377 cm³/mol. The Kier molecular flexibility index (Phi) is 32.4. The summed E-state index contributed by atoms with van der Waals surface area (Å²) in [5.74, 6) is -11.4. The topological polar surface area (TPSA) is 308 Å². The van der Waals surface area contributed by atoms with Crippen molar-refractivity contribution in [3.8, 4) is 0 Å². The molecule has 12 amide bonds. The summed E-state index contributed by atoms with van der Waals surface area (Å²) in [7, 11) is 9.17. The van der Waals surface area contributed by atoms with Crippen LogP contribution >= 0.6 is 0 Å². The molecule has 570 valence electrons. The molecule has 2 aromatic rings. The second-order valence-corrected chi connectivity index (χ2v) is 30.0. The monoisotopic (exact) mass is 1440 g/mol. The van der Waals surface area contributed by atoms with Crippen LogP contribution < -0.4 is 21.3 Å². The largest absolute Gasteiger partial charge is 0.416 e. The summed E-state index contributed by atoms with van der Waals surface area (Å²) in [4.78, 5) is 187. The third kappa shape index (κ3) is 25.1. The molecule has 0 unspecified atom stereocenters. The Morgan fingerprint density at radius 1 is 0.510 bits per heavy atom. The van der Waals surface area contributed by atoms with E-state index in [0.29, 0.717) is 31.5 Å². The molecule has 10 atom stereocenters. The van der Waals surface area contributed by atoms with E-state index in [1.807, 2.05) is 27.7 Å². The maximum Gasteiger partial charge on any atom is 0.416 e. The Hall–Kier alpha value is -8.21. The zero-order valence-electron chi connectivity index (χ0n) is 63.1. The number of nitrogens with zero attached hydrogens (tertiary/aromatic N) is 8. The molecule has 0 bridgehead atoms. The number of aliphatic hydroxyl groups excluding tert-OH is 1. The summed E-state index contributed by atoms with van der Waals surface area (Å²) in [6, 6.07) is -1.04. The average Bonchev–Trinajstić information content (AvgIpc) is 0.825. The molecule has 2 saturated heterocycles. The molecule has 0 radical (unpaired) electrons. The van der Waals surface area contributed by atoms with Crippen molar-refractivity contribution in [3.05, 3.63) is 71.3 Å². The highest BCUT2D eigenvalue weighted by Gasteiger charge is 2.44. The van der Waals surface area contributed by atoms with E-state index in [0.717, 1.165) is 60.1 Å². The Morgan fingerprint density at radius 2 is 0.971 bits per heavy atom. The van der Waals surface area contributed by atoms with Crippen LogP contribution in [0.4, 0.5) is 13.2 Å². The van der Waals surface area contributed by atoms with Gasteiger partial charge in [0.25, 0.3) is 0 Å². The highest BCUT2D eigenvalue weighted by molar-refractivity contribution is 6.00. The van der Waals surface area contributed by atoms with Crippen LogP contribution in [-0.2, 0) is 81.3 Å². The van der Waals surface area contributed by atoms with Crippen LogP contribution in [-0.4, -0.2) is 263 Å². The number of alkyl halides is 3. The van der Waals surface area contributed by atoms with Crippen LogP contribution in [0.25, 0.3) is 0 Å². The summed E-state index contributed by atoms with van der Waals surface area (Å²) in [6.45, 7) is 19.3. The number of likely N-dealkylation sites (N-methyl/N-ethyl adjacent to an activating group) is 7. The van der Waals surface area contributed by atoms with Crippen LogP contribution in [0.15, 0.2) is 54.6 Å². The number of aliphatic hydroxyl groups is 1. The highest BCUT2D eigenvalue weighted by Crippen LogP contribution is 2.30. The summed E-state index contributed by atoms with van der Waals surface area (Å²) >= 11 is 0. The number of halogens is 3. The van der Waals surface area contributed by atoms with Gasteiger partial charge in [0.15, 0.2) is 0 Å². The quantitative estimate of drug-likeness (QED) is 0.169. The Bertz CT molecular complexity index is 3210. The molecular weight excluding hydrogens is 1330 g/mol. The minimum Gasteiger partial charge on any atom is -0.391 e. The number of hydrogen-bond acceptors (Lipinski definition) is 14. The van der Waals surface area contributed by atoms with Crippen molar-refractivity contribution in [1.29, 1.82) is 0 Å². The third-order valence-corrected chi connectivity index (χ3v) is 18.5. The van der Waals surface area contributed by atoms with Gasteiger partial charge >= 0.3 is 6.18 Å². The van der Waals surface area contributed by atoms with E-state index in [9.17, 15) is 56.6 Å². The standard InChI is InChI=1S/C73H113F3N12O14/c1-43(2)34-54-63(93)79-53(42-102-72(10,11)12)68(98)87(19)62(46(7)8)66(96)78-52(69(99)88-32-24-21-25-33-88)39-58(90)81(13)40-59(91)83(15)56(38-48-26-22-20-23-27-48)64(94)77-51(37-49-28-30-50(31-29-49)73(74,75)76)67(97)85(17)55(35-44(3)4)65(95)80-61(47(9)89)71(101)82(14)41-60(92)84(16)57(36-45(5)6)70(100)86(54)18/h20,22-23,26-31,43-47,51-57,61-62,89H,21,24-25,32-42H2,1-19H3,(H,77,94)(H,78,96)(H,79,93)(H,80,95)/t47-,51+,52+,53+,54+,55+,56+,57+,61+,62+/m1/s1. The smallest absolute Gasteiger partial charge is 0.391 e. The number of carbonyl (C=O) groups excluding carboxylic acids is 12. The molecule has 2 aromatic carbocycles. The summed E-state index contributed by atoms with van der Waals surface area (Å²) in [5.41, 5.74) is -1.21. The fraction of sp³-hybridized carbons (Fsp3) is 0.671. The lowest BCUT2D eigenvalue weighted by molar-refractivity contribution is -0.152. The maximum absolute atomic E-state index is 15.3. The van der Waals surface area contributed by atoms with E-state index in [1.165, 1.54) is 66.1 Å². The van der Waals surface area contributed by atoms with Gasteiger partial charge in [-0.2, -0.15) is 13.2 Å². The number of ether oxygens (including phenoxy) is 1. The van der Waals surface area contributed by atoms with Gasteiger partial charge in [0.05, 0.1) is 43.4 Å². The molecule has 4 rings (SSSR count). The fourth-order valence-electron chi connectivity index (χ4n) is 12.4. The van der Waals surface area contributed by atoms with E-state index in [1.54, 1.807) is 78.8 Å². The molecular formula is C73H113F3N12O14. The minimum atomic E-state index is -4.74. The minimum absolute atomic E-state index is 0.0551. The van der Waals surface area contributed by atoms with Gasteiger partial charge in [0.2, 0.25) is 70.9 Å². The first-order valence-corrected chi connectivity index (χ1v) is 35.2. The molecule has 5 N–H and O–H groups in total. The second-order valence-electron chi connectivity index (χ2n) is 30.0. The van der Waals surface area contributed by atoms with Gasteiger partial charge < -0.3 is 70.3 Å². The van der Waals surface area contributed by atoms with Crippen LogP contribution in [0.3, 0.4) is 0 Å². The lowest BCUT2D eigenvalue weighted by Gasteiger charge is -2.38. The highest BCUT2D eigenvalue weighted by atomic mass is 19.4. The van der Waals surface area contributed by atoms with Crippen molar-refractivity contribution in [2.24, 2.45) is 23.7 Å². The SMILES string of the molecule is CC(C)C[C@H]1C(=O)N(C)[C@@H](CC(C)C)C(=O)N[C@@H](COC(C)(C)C)C(=O)N(C)[C@@H](C(C)C)C(=O)N[C@H](C(=O)N2CCCCC2)CC(=O)N(C)CC(=O)N(C)[C@@H](Cc2ccccc2)C(=O)N[C@@H](Cc2ccc(C(F)(F)F)cc2)C(=O)N(C)[C@@H](CC(C)C)C(=O)N[C@@H]([C@@H](C)O)C(=O)N(C)CC(=O)N1C. The van der Waals surface area contributed by atoms with Gasteiger partial charge in [-0.3, -0.25) is 57.5 Å². The third-order valence-electron chi connectivity index (χ3n) is 18.5. The molecule has 29 heteroatoms. The molecule has 2 aliphatic rings. The van der Waals surface area contributed by atoms with Gasteiger partial charge in [-0.05, 0) is 113 Å². The second kappa shape index (κ2) is 38.3. The molecule has 0 aromatic heterocycles. The molecule has 102 heavy (non-hydrogen) atoms. The fourth-order valence-corrected chi connectivity index (χ4v) is 12.4. The number of piperidine rings is 1. The predicted octanol–water partition coefficient (Wildman–Crippen LogP) is 3.89. The van der Waals surface area contributed by atoms with E-state index < -0.39 is 187 Å². The molecule has 0 saturated carbocycles. The number of rotatable bonds is 15. The number of likely N-dealkylation sites (tertiary alicyclic amines) is 1. The van der Waals surface area contributed by atoms with Gasteiger partial charge in [-0.15, -0.1) is 0 Å². The van der Waals surface area contributed by atoms with Gasteiger partial charge in [0, 0.05) is 75.3 Å². The van der Waals surface area contributed by atoms with Crippen LogP contribution in [0.2, 0.25) is 0 Å². The van der Waals surface area contributed by atoms with E-state index >= 15 is 19.2 Å². The Balaban J connectivity index is 1.98. The zero-order valence-corrected chi connectivity index (χ0v) is 63.1. The van der Waals surface area contributed by atoms with Crippen LogP contribution in [0.1, 0.15) is 145 Å². The number of amides is 12. The molecule has 0 spiro atoms. The average molecular weight is 1440 g/mol. The molecule has 2 fully saturated rings. The number of hydrogen-bond donors (Lipinski definition) is 5. The summed E-state index contributed by atoms with van der Waals surface area (Å²) in [6.07, 6.45) is -5.59. The Labute approximate surface area is 599 Å². The summed E-state index contributed by atoms with van der Waals surface area (Å²) < 4.78 is 47.9. The Morgan fingerprint density at radius 3 is 1.47 bits per heavy atom. The number of benzene rings is 2. The van der Waals surface area contributed by atoms with E-state index in [-0.39, 0.29) is 49.0 Å². The first kappa shape index (κ1) is 86.2. The first-order valence-electron chi connectivity index (χ1n) is 35.2. The van der Waals surface area contributed by atoms with Crippen LogP contribution in [0.5, 0.6) is 0 Å². The van der Waals surface area contributed by atoms with Crippen molar-refractivity contribution < 1.29 is 80.5 Å². The number of nitrogens with one attached hydrogen (secondary N) is 4. The van der Waals surface area contributed by atoms with Crippen LogP contribution in [0, 0.1) is 23.7 Å². The molecule has 2 aliphatic heterocycles. The van der Waals surface area contributed by atoms with Crippen molar-refractivity contribution in [1.82, 2.24) is 60.5 Å². The summed E-state index contributed by atoms with van der Waals surface area (Å²) in [5, 5.41) is 22.1. The van der Waals surface area contributed by atoms with Crippen molar-refractivity contribution in [2.45, 2.75) is 213 Å². The normalized spacial score (nSPS) is 24.4. The van der Waals surface area contributed by atoms with Gasteiger partial charge in [-0.1, -0.05) is 97.9 Å². The van der Waals surface area contributed by atoms with Crippen molar-refractivity contribution >= 4 is 70.9 Å². The van der Waals surface area contributed by atoms with Crippen molar-refractivity contribution in [2.75, 3.05) is 82.1 Å². The zero-order chi connectivity index (χ0) is 77.2. The van der Waals surface area contributed by atoms with Gasteiger partial charge in [0.1, 0.15) is 54.4 Å².